The van der Waals surface area contributed by atoms with Crippen LogP contribution in [0.15, 0.2) is 57.0 Å². The minimum absolute atomic E-state index is 0.309. The summed E-state index contributed by atoms with van der Waals surface area (Å²) in [5.74, 6) is 1.22. The Kier molecular flexibility index (Phi) is 6.47. The second kappa shape index (κ2) is 9.31. The minimum Gasteiger partial charge on any atom is -0.458 e. The average Bonchev–Trinajstić information content (AvgIpc) is 3.47. The molecule has 2 aromatic carbocycles. The SMILES string of the molecule is CCCc1ccc(-c2nc(-c3cc(C=C(C)C)c4oc(C(N)(CO)CO)cc4c3)no2)cc1. The Bertz CT molecular complexity index is 1280. The lowest BCUT2D eigenvalue weighted by Gasteiger charge is -2.21. The van der Waals surface area contributed by atoms with Gasteiger partial charge < -0.3 is 24.9 Å². The lowest BCUT2D eigenvalue weighted by Crippen LogP contribution is -2.43. The summed E-state index contributed by atoms with van der Waals surface area (Å²) in [4.78, 5) is 4.61. The van der Waals surface area contributed by atoms with Gasteiger partial charge in [-0.2, -0.15) is 4.98 Å². The molecule has 2 aromatic heterocycles. The van der Waals surface area contributed by atoms with Crippen molar-refractivity contribution in [1.29, 1.82) is 0 Å². The molecule has 0 unspecified atom stereocenters. The molecule has 0 saturated heterocycles. The number of hydrogen-bond acceptors (Lipinski definition) is 7. The number of fused-ring (bicyclic) bond motifs is 1. The molecule has 7 nitrogen and oxygen atoms in total. The number of nitrogens with two attached hydrogens (primary N) is 1. The van der Waals surface area contributed by atoms with E-state index in [9.17, 15) is 10.2 Å². The van der Waals surface area contributed by atoms with E-state index in [-0.39, 0.29) is 0 Å². The third-order valence-electron chi connectivity index (χ3n) is 5.57. The molecule has 0 spiro atoms. The average molecular weight is 448 g/mol. The predicted octanol–water partition coefficient (Wildman–Crippen LogP) is 4.66. The molecular weight excluding hydrogens is 418 g/mol. The number of aryl methyl sites for hydroxylation is 1. The van der Waals surface area contributed by atoms with Crippen molar-refractivity contribution in [2.75, 3.05) is 13.2 Å². The van der Waals surface area contributed by atoms with Crippen LogP contribution >= 0.6 is 0 Å². The van der Waals surface area contributed by atoms with E-state index in [0.717, 1.165) is 40.5 Å². The number of nitrogens with zero attached hydrogens (tertiary/aromatic N) is 2. The fraction of sp³-hybridized carbons (Fsp3) is 0.308. The van der Waals surface area contributed by atoms with Crippen LogP contribution in [0.2, 0.25) is 0 Å². The molecule has 0 radical (unpaired) electrons. The van der Waals surface area contributed by atoms with Gasteiger partial charge in [0.1, 0.15) is 16.9 Å². The number of benzene rings is 2. The first kappa shape index (κ1) is 22.9. The summed E-state index contributed by atoms with van der Waals surface area (Å²) in [6, 6.07) is 13.7. The molecule has 0 atom stereocenters. The van der Waals surface area contributed by atoms with Crippen LogP contribution in [-0.4, -0.2) is 33.6 Å². The molecule has 0 amide bonds. The van der Waals surface area contributed by atoms with Crippen molar-refractivity contribution in [1.82, 2.24) is 10.1 Å². The molecule has 33 heavy (non-hydrogen) atoms. The van der Waals surface area contributed by atoms with Gasteiger partial charge in [0, 0.05) is 22.1 Å². The number of rotatable bonds is 8. The minimum atomic E-state index is -1.37. The Morgan fingerprint density at radius 2 is 1.79 bits per heavy atom. The Morgan fingerprint density at radius 3 is 2.42 bits per heavy atom. The van der Waals surface area contributed by atoms with Crippen LogP contribution in [0, 0.1) is 0 Å². The molecule has 0 saturated carbocycles. The maximum absolute atomic E-state index is 9.68. The molecule has 2 heterocycles. The van der Waals surface area contributed by atoms with Crippen molar-refractivity contribution in [2.24, 2.45) is 5.73 Å². The monoisotopic (exact) mass is 447 g/mol. The van der Waals surface area contributed by atoms with Crippen molar-refractivity contribution < 1.29 is 19.2 Å². The van der Waals surface area contributed by atoms with Crippen molar-refractivity contribution in [3.8, 4) is 22.8 Å². The number of allylic oxidation sites excluding steroid dienone is 1. The predicted molar refractivity (Wildman–Crippen MR) is 128 cm³/mol. The molecule has 7 heteroatoms. The highest BCUT2D eigenvalue weighted by Gasteiger charge is 2.30. The second-order valence-corrected chi connectivity index (χ2v) is 8.66. The summed E-state index contributed by atoms with van der Waals surface area (Å²) in [5.41, 5.74) is 10.2. The molecule has 0 aliphatic rings. The van der Waals surface area contributed by atoms with Gasteiger partial charge in [0.15, 0.2) is 0 Å². The fourth-order valence-corrected chi connectivity index (χ4v) is 3.74. The molecular formula is C26H29N3O4. The van der Waals surface area contributed by atoms with E-state index >= 15 is 0 Å². The van der Waals surface area contributed by atoms with Gasteiger partial charge in [-0.3, -0.25) is 0 Å². The summed E-state index contributed by atoms with van der Waals surface area (Å²) in [7, 11) is 0. The Morgan fingerprint density at radius 1 is 1.06 bits per heavy atom. The molecule has 0 fully saturated rings. The summed E-state index contributed by atoms with van der Waals surface area (Å²) in [5, 5.41) is 24.3. The third kappa shape index (κ3) is 4.61. The zero-order chi connectivity index (χ0) is 23.6. The zero-order valence-electron chi connectivity index (χ0n) is 19.1. The smallest absolute Gasteiger partial charge is 0.258 e. The van der Waals surface area contributed by atoms with E-state index in [1.807, 2.05) is 44.2 Å². The summed E-state index contributed by atoms with van der Waals surface area (Å²) >= 11 is 0. The Balaban J connectivity index is 1.77. The molecule has 4 rings (SSSR count). The second-order valence-electron chi connectivity index (χ2n) is 8.66. The van der Waals surface area contributed by atoms with Crippen LogP contribution < -0.4 is 5.73 Å². The van der Waals surface area contributed by atoms with Crippen molar-refractivity contribution >= 4 is 17.0 Å². The lowest BCUT2D eigenvalue weighted by molar-refractivity contribution is 0.105. The van der Waals surface area contributed by atoms with E-state index in [0.29, 0.717) is 23.1 Å². The first-order valence-electron chi connectivity index (χ1n) is 11.0. The number of aromatic nitrogens is 2. The first-order chi connectivity index (χ1) is 15.9. The Hall–Kier alpha value is -3.26. The van der Waals surface area contributed by atoms with Crippen molar-refractivity contribution in [3.63, 3.8) is 0 Å². The third-order valence-corrected chi connectivity index (χ3v) is 5.57. The van der Waals surface area contributed by atoms with E-state index in [1.165, 1.54) is 5.56 Å². The van der Waals surface area contributed by atoms with E-state index < -0.39 is 18.8 Å². The number of aliphatic hydroxyl groups excluding tert-OH is 2. The summed E-state index contributed by atoms with van der Waals surface area (Å²) in [6.07, 6.45) is 4.12. The standard InChI is InChI=1S/C26H29N3O4/c1-4-5-17-6-8-18(9-7-17)25-28-24(29-33-25)21-11-19(10-16(2)3)23-20(12-21)13-22(32-23)26(27,14-30)15-31/h6-13,30-31H,4-5,14-15,27H2,1-3H3. The highest BCUT2D eigenvalue weighted by atomic mass is 16.5. The topological polar surface area (TPSA) is 119 Å². The number of aliphatic hydroxyl groups is 2. The fourth-order valence-electron chi connectivity index (χ4n) is 3.74. The van der Waals surface area contributed by atoms with Crippen LogP contribution in [0.1, 0.15) is 44.1 Å². The van der Waals surface area contributed by atoms with Gasteiger partial charge in [-0.25, -0.2) is 0 Å². The normalized spacial score (nSPS) is 11.8. The largest absolute Gasteiger partial charge is 0.458 e. The van der Waals surface area contributed by atoms with Gasteiger partial charge in [0.25, 0.3) is 5.89 Å². The van der Waals surface area contributed by atoms with Gasteiger partial charge in [-0.05, 0) is 56.2 Å². The highest BCUT2D eigenvalue weighted by molar-refractivity contribution is 5.91. The van der Waals surface area contributed by atoms with Gasteiger partial charge in [0.05, 0.1) is 13.2 Å². The molecule has 172 valence electrons. The molecule has 4 aromatic rings. The number of hydrogen-bond donors (Lipinski definition) is 3. The molecule has 0 aliphatic heterocycles. The van der Waals surface area contributed by atoms with Crippen LogP contribution in [0.5, 0.6) is 0 Å². The summed E-state index contributed by atoms with van der Waals surface area (Å²) < 4.78 is 11.5. The van der Waals surface area contributed by atoms with E-state index in [4.69, 9.17) is 14.7 Å². The van der Waals surface area contributed by atoms with E-state index in [2.05, 4.69) is 29.2 Å². The maximum Gasteiger partial charge on any atom is 0.258 e. The van der Waals surface area contributed by atoms with Crippen LogP contribution in [0.4, 0.5) is 0 Å². The molecule has 0 aliphatic carbocycles. The summed E-state index contributed by atoms with van der Waals surface area (Å²) in [6.45, 7) is 5.25. The van der Waals surface area contributed by atoms with E-state index in [1.54, 1.807) is 6.07 Å². The van der Waals surface area contributed by atoms with Gasteiger partial charge in [0.2, 0.25) is 5.82 Å². The zero-order valence-corrected chi connectivity index (χ0v) is 19.1. The maximum atomic E-state index is 9.68. The first-order valence-corrected chi connectivity index (χ1v) is 11.0. The van der Waals surface area contributed by atoms with Gasteiger partial charge >= 0.3 is 0 Å². The van der Waals surface area contributed by atoms with Gasteiger partial charge in [-0.1, -0.05) is 42.3 Å². The number of furan rings is 1. The van der Waals surface area contributed by atoms with Crippen LogP contribution in [0.3, 0.4) is 0 Å². The van der Waals surface area contributed by atoms with Crippen molar-refractivity contribution in [2.45, 2.75) is 39.2 Å². The Labute approximate surface area is 192 Å². The van der Waals surface area contributed by atoms with Crippen LogP contribution in [0.25, 0.3) is 39.9 Å². The quantitative estimate of drug-likeness (QED) is 0.359. The molecule has 0 bridgehead atoms. The highest BCUT2D eigenvalue weighted by Crippen LogP contribution is 2.34. The van der Waals surface area contributed by atoms with Crippen molar-refractivity contribution in [3.05, 3.63) is 64.9 Å². The van der Waals surface area contributed by atoms with Gasteiger partial charge in [-0.15, -0.1) is 0 Å². The lowest BCUT2D eigenvalue weighted by atomic mass is 9.99. The van der Waals surface area contributed by atoms with Crippen LogP contribution in [-0.2, 0) is 12.0 Å². The molecule has 4 N–H and O–H groups in total.